The van der Waals surface area contributed by atoms with Gasteiger partial charge < -0.3 is 10.2 Å². The second-order valence-electron chi connectivity index (χ2n) is 7.05. The number of benzene rings is 2. The average molecular weight is 410 g/mol. The van der Waals surface area contributed by atoms with Gasteiger partial charge in [-0.1, -0.05) is 12.1 Å². The number of anilines is 3. The van der Waals surface area contributed by atoms with Crippen LogP contribution in [0.5, 0.6) is 0 Å². The molecule has 1 saturated heterocycles. The fourth-order valence-electron chi connectivity index (χ4n) is 3.43. The van der Waals surface area contributed by atoms with Gasteiger partial charge in [0.1, 0.15) is 0 Å². The molecule has 4 rings (SSSR count). The van der Waals surface area contributed by atoms with Crippen molar-refractivity contribution in [3.8, 4) is 11.3 Å². The zero-order chi connectivity index (χ0) is 20.3. The van der Waals surface area contributed by atoms with Crippen LogP contribution >= 0.6 is 0 Å². The summed E-state index contributed by atoms with van der Waals surface area (Å²) in [6.45, 7) is 2.23. The van der Waals surface area contributed by atoms with Crippen molar-refractivity contribution in [2.75, 3.05) is 23.3 Å². The monoisotopic (exact) mass is 409 g/mol. The van der Waals surface area contributed by atoms with E-state index >= 15 is 0 Å². The van der Waals surface area contributed by atoms with Crippen molar-refractivity contribution in [3.05, 3.63) is 60.8 Å². The Morgan fingerprint density at radius 1 is 0.897 bits per heavy atom. The maximum Gasteiger partial charge on any atom is 0.238 e. The summed E-state index contributed by atoms with van der Waals surface area (Å²) < 4.78 is 22.7. The third-order valence-electron chi connectivity index (χ3n) is 4.98. The van der Waals surface area contributed by atoms with Gasteiger partial charge in [-0.3, -0.25) is 0 Å². The van der Waals surface area contributed by atoms with Gasteiger partial charge in [0.15, 0.2) is 0 Å². The highest BCUT2D eigenvalue weighted by atomic mass is 32.2. The first-order chi connectivity index (χ1) is 14.0. The van der Waals surface area contributed by atoms with Crippen LogP contribution < -0.4 is 15.4 Å². The third-order valence-corrected chi connectivity index (χ3v) is 5.91. The molecule has 7 nitrogen and oxygen atoms in total. The molecule has 0 amide bonds. The van der Waals surface area contributed by atoms with Gasteiger partial charge in [0, 0.05) is 36.2 Å². The van der Waals surface area contributed by atoms with E-state index in [0.717, 1.165) is 24.3 Å². The summed E-state index contributed by atoms with van der Waals surface area (Å²) in [5.41, 5.74) is 3.75. The normalized spacial score (nSPS) is 14.6. The van der Waals surface area contributed by atoms with Gasteiger partial charge in [0.2, 0.25) is 16.0 Å². The van der Waals surface area contributed by atoms with Crippen LogP contribution in [0.15, 0.2) is 65.7 Å². The van der Waals surface area contributed by atoms with Crippen molar-refractivity contribution in [3.63, 3.8) is 0 Å². The maximum absolute atomic E-state index is 11.4. The molecule has 2 aromatic carbocycles. The molecule has 0 saturated carbocycles. The summed E-state index contributed by atoms with van der Waals surface area (Å²) in [6, 6.07) is 16.5. The lowest BCUT2D eigenvalue weighted by molar-refractivity contribution is 0.578. The highest BCUT2D eigenvalue weighted by Crippen LogP contribution is 2.25. The Labute approximate surface area is 170 Å². The summed E-state index contributed by atoms with van der Waals surface area (Å²) in [5, 5.41) is 8.22. The predicted molar refractivity (Wildman–Crippen MR) is 115 cm³/mol. The molecule has 29 heavy (non-hydrogen) atoms. The van der Waals surface area contributed by atoms with Crippen molar-refractivity contribution in [2.24, 2.45) is 5.14 Å². The lowest BCUT2D eigenvalue weighted by Gasteiger charge is -2.28. The molecule has 3 N–H and O–H groups in total. The number of piperidine rings is 1. The fourth-order valence-corrected chi connectivity index (χ4v) is 3.95. The Hall–Kier alpha value is -2.97. The Balaban J connectivity index is 1.49. The number of nitrogens with one attached hydrogen (secondary N) is 1. The number of hydrogen-bond acceptors (Lipinski definition) is 6. The van der Waals surface area contributed by atoms with Crippen molar-refractivity contribution in [2.45, 2.75) is 24.2 Å². The van der Waals surface area contributed by atoms with E-state index in [9.17, 15) is 8.42 Å². The molecule has 0 unspecified atom stereocenters. The molecule has 0 radical (unpaired) electrons. The van der Waals surface area contributed by atoms with Gasteiger partial charge in [0.25, 0.3) is 0 Å². The summed E-state index contributed by atoms with van der Waals surface area (Å²) in [7, 11) is -3.71. The molecule has 0 aliphatic carbocycles. The lowest BCUT2D eigenvalue weighted by Crippen LogP contribution is -2.29. The zero-order valence-electron chi connectivity index (χ0n) is 16.0. The first-order valence-corrected chi connectivity index (χ1v) is 11.1. The van der Waals surface area contributed by atoms with Crippen LogP contribution in [-0.2, 0) is 10.0 Å². The highest BCUT2D eigenvalue weighted by molar-refractivity contribution is 7.89. The zero-order valence-corrected chi connectivity index (χ0v) is 16.8. The van der Waals surface area contributed by atoms with E-state index in [-0.39, 0.29) is 4.90 Å². The van der Waals surface area contributed by atoms with Crippen LogP contribution in [0.25, 0.3) is 11.3 Å². The largest absolute Gasteiger partial charge is 0.372 e. The van der Waals surface area contributed by atoms with E-state index in [1.165, 1.54) is 37.1 Å². The van der Waals surface area contributed by atoms with Crippen LogP contribution in [-0.4, -0.2) is 31.5 Å². The average Bonchev–Trinajstić information content (AvgIpc) is 2.74. The molecular formula is C21H23N5O2S. The van der Waals surface area contributed by atoms with Gasteiger partial charge >= 0.3 is 0 Å². The van der Waals surface area contributed by atoms with Crippen molar-refractivity contribution in [1.82, 2.24) is 9.97 Å². The predicted octanol–water partition coefficient (Wildman–Crippen LogP) is 3.52. The standard InChI is InChI=1S/C21H23N5O2S/c22-29(27,28)19-10-6-17(7-11-19)24-21-23-13-12-20(25-21)16-4-8-18(9-5-16)26-14-2-1-3-15-26/h4-13H,1-3,14-15H2,(H2,22,27,28)(H,23,24,25). The van der Waals surface area contributed by atoms with E-state index < -0.39 is 10.0 Å². The quantitative estimate of drug-likeness (QED) is 0.669. The minimum absolute atomic E-state index is 0.0616. The molecule has 1 aliphatic heterocycles. The fraction of sp³-hybridized carbons (Fsp3) is 0.238. The molecule has 1 fully saturated rings. The lowest BCUT2D eigenvalue weighted by atomic mass is 10.1. The topological polar surface area (TPSA) is 101 Å². The van der Waals surface area contributed by atoms with Gasteiger partial charge in [0.05, 0.1) is 10.6 Å². The van der Waals surface area contributed by atoms with Gasteiger partial charge in [-0.2, -0.15) is 0 Å². The Morgan fingerprint density at radius 3 is 2.24 bits per heavy atom. The van der Waals surface area contributed by atoms with E-state index in [0.29, 0.717) is 11.6 Å². The molecule has 3 aromatic rings. The number of sulfonamides is 1. The van der Waals surface area contributed by atoms with E-state index in [1.54, 1.807) is 18.3 Å². The molecule has 0 atom stereocenters. The molecule has 0 bridgehead atoms. The molecule has 150 valence electrons. The third kappa shape index (κ3) is 4.72. The second-order valence-corrected chi connectivity index (χ2v) is 8.62. The first-order valence-electron chi connectivity index (χ1n) is 9.57. The van der Waals surface area contributed by atoms with Gasteiger partial charge in [-0.05, 0) is 61.7 Å². The summed E-state index contributed by atoms with van der Waals surface area (Å²) >= 11 is 0. The minimum Gasteiger partial charge on any atom is -0.372 e. The number of primary sulfonamides is 1. The first kappa shape index (κ1) is 19.4. The smallest absolute Gasteiger partial charge is 0.238 e. The van der Waals surface area contributed by atoms with Crippen molar-refractivity contribution < 1.29 is 8.42 Å². The van der Waals surface area contributed by atoms with Crippen molar-refractivity contribution in [1.29, 1.82) is 0 Å². The Morgan fingerprint density at radius 2 is 1.59 bits per heavy atom. The van der Waals surface area contributed by atoms with Crippen LogP contribution in [0.4, 0.5) is 17.3 Å². The minimum atomic E-state index is -3.71. The molecule has 0 spiro atoms. The van der Waals surface area contributed by atoms with Gasteiger partial charge in [-0.15, -0.1) is 0 Å². The number of aromatic nitrogens is 2. The number of nitrogens with zero attached hydrogens (tertiary/aromatic N) is 3. The summed E-state index contributed by atoms with van der Waals surface area (Å²) in [4.78, 5) is 11.3. The summed E-state index contributed by atoms with van der Waals surface area (Å²) in [6.07, 6.45) is 5.51. The molecule has 1 aromatic heterocycles. The van der Waals surface area contributed by atoms with Crippen LogP contribution in [0.3, 0.4) is 0 Å². The van der Waals surface area contributed by atoms with Crippen molar-refractivity contribution >= 4 is 27.3 Å². The van der Waals surface area contributed by atoms with E-state index in [4.69, 9.17) is 5.14 Å². The number of nitrogens with two attached hydrogens (primary N) is 1. The van der Waals surface area contributed by atoms with Gasteiger partial charge in [-0.25, -0.2) is 23.5 Å². The highest BCUT2D eigenvalue weighted by Gasteiger charge is 2.11. The molecule has 1 aliphatic rings. The Bertz CT molecular complexity index is 1080. The molecular weight excluding hydrogens is 386 g/mol. The maximum atomic E-state index is 11.4. The SMILES string of the molecule is NS(=O)(=O)c1ccc(Nc2nccc(-c3ccc(N4CCCCC4)cc3)n2)cc1. The van der Waals surface area contributed by atoms with E-state index in [1.807, 2.05) is 6.07 Å². The number of hydrogen-bond donors (Lipinski definition) is 2. The number of rotatable bonds is 5. The molecule has 2 heterocycles. The Kier molecular flexibility index (Phi) is 5.46. The van der Waals surface area contributed by atoms with E-state index in [2.05, 4.69) is 44.5 Å². The molecule has 8 heteroatoms. The van der Waals surface area contributed by atoms with Crippen LogP contribution in [0.1, 0.15) is 19.3 Å². The van der Waals surface area contributed by atoms with Crippen LogP contribution in [0, 0.1) is 0 Å². The summed E-state index contributed by atoms with van der Waals surface area (Å²) in [5.74, 6) is 0.436. The van der Waals surface area contributed by atoms with Crippen LogP contribution in [0.2, 0.25) is 0 Å². The second kappa shape index (κ2) is 8.18.